The molecule has 17 heavy (non-hydrogen) atoms. The van der Waals surface area contributed by atoms with Crippen molar-refractivity contribution in [3.8, 4) is 0 Å². The third-order valence-electron chi connectivity index (χ3n) is 2.81. The van der Waals surface area contributed by atoms with Crippen molar-refractivity contribution in [2.24, 2.45) is 12.8 Å². The van der Waals surface area contributed by atoms with Gasteiger partial charge in [0.1, 0.15) is 0 Å². The number of rotatable bonds is 4. The summed E-state index contributed by atoms with van der Waals surface area (Å²) in [5.41, 5.74) is 8.35. The average molecular weight is 250 g/mol. The number of benzene rings is 1. The molecule has 0 amide bonds. The van der Waals surface area contributed by atoms with E-state index in [4.69, 9.17) is 17.3 Å². The van der Waals surface area contributed by atoms with E-state index >= 15 is 0 Å². The van der Waals surface area contributed by atoms with Crippen LogP contribution in [0.25, 0.3) is 0 Å². The van der Waals surface area contributed by atoms with Crippen molar-refractivity contribution in [1.82, 2.24) is 9.78 Å². The second kappa shape index (κ2) is 5.34. The number of nitrogens with zero attached hydrogens (tertiary/aromatic N) is 2. The smallest absolute Gasteiger partial charge is 0.0521 e. The lowest BCUT2D eigenvalue weighted by atomic mass is 10.0. The van der Waals surface area contributed by atoms with Crippen molar-refractivity contribution < 1.29 is 0 Å². The molecule has 0 aliphatic rings. The molecule has 2 rings (SSSR count). The zero-order valence-electron chi connectivity index (χ0n) is 9.81. The highest BCUT2D eigenvalue weighted by atomic mass is 35.5. The summed E-state index contributed by atoms with van der Waals surface area (Å²) in [5, 5.41) is 4.88. The highest BCUT2D eigenvalue weighted by Crippen LogP contribution is 2.24. The van der Waals surface area contributed by atoms with Gasteiger partial charge in [0.25, 0.3) is 0 Å². The van der Waals surface area contributed by atoms with E-state index in [1.165, 1.54) is 5.56 Å². The van der Waals surface area contributed by atoms with E-state index in [0.717, 1.165) is 23.4 Å². The molecule has 1 unspecified atom stereocenters. The fourth-order valence-electron chi connectivity index (χ4n) is 1.85. The molecule has 0 spiro atoms. The van der Waals surface area contributed by atoms with Crippen LogP contribution in [-0.2, 0) is 13.5 Å². The van der Waals surface area contributed by atoms with Gasteiger partial charge in [-0.15, -0.1) is 0 Å². The minimum absolute atomic E-state index is 0.0242. The number of aromatic nitrogens is 2. The van der Waals surface area contributed by atoms with E-state index in [1.54, 1.807) is 4.68 Å². The number of hydrogen-bond donors (Lipinski definition) is 1. The second-order valence-electron chi connectivity index (χ2n) is 4.19. The van der Waals surface area contributed by atoms with E-state index in [1.807, 2.05) is 43.7 Å². The third-order valence-corrected chi connectivity index (χ3v) is 3.15. The monoisotopic (exact) mass is 249 g/mol. The van der Waals surface area contributed by atoms with Gasteiger partial charge >= 0.3 is 0 Å². The Labute approximate surface area is 106 Å². The first-order valence-corrected chi connectivity index (χ1v) is 6.02. The van der Waals surface area contributed by atoms with Gasteiger partial charge in [0.2, 0.25) is 0 Å². The Morgan fingerprint density at radius 3 is 2.82 bits per heavy atom. The summed E-state index contributed by atoms with van der Waals surface area (Å²) in [6.07, 6.45) is 5.67. The number of halogens is 1. The van der Waals surface area contributed by atoms with Crippen LogP contribution in [0.4, 0.5) is 0 Å². The minimum atomic E-state index is -0.0242. The van der Waals surface area contributed by atoms with Gasteiger partial charge in [0, 0.05) is 24.3 Å². The number of hydrogen-bond acceptors (Lipinski definition) is 2. The summed E-state index contributed by atoms with van der Waals surface area (Å²) in [6, 6.07) is 7.71. The van der Waals surface area contributed by atoms with Gasteiger partial charge in [-0.2, -0.15) is 5.10 Å². The van der Waals surface area contributed by atoms with Crippen LogP contribution in [0.1, 0.15) is 23.6 Å². The molecule has 0 saturated heterocycles. The van der Waals surface area contributed by atoms with Crippen LogP contribution >= 0.6 is 11.6 Å². The average Bonchev–Trinajstić information content (AvgIpc) is 2.73. The molecule has 0 aliphatic carbocycles. The minimum Gasteiger partial charge on any atom is -0.324 e. The van der Waals surface area contributed by atoms with Crippen LogP contribution in [0.5, 0.6) is 0 Å². The van der Waals surface area contributed by atoms with Gasteiger partial charge < -0.3 is 5.73 Å². The Bertz CT molecular complexity index is 493. The molecule has 0 bridgehead atoms. The predicted octanol–water partition coefficient (Wildman–Crippen LogP) is 2.71. The van der Waals surface area contributed by atoms with Crippen LogP contribution in [0.2, 0.25) is 5.02 Å². The molecular formula is C13H16ClN3. The molecule has 0 radical (unpaired) electrons. The van der Waals surface area contributed by atoms with Gasteiger partial charge in [0.05, 0.1) is 6.20 Å². The first-order valence-electron chi connectivity index (χ1n) is 5.64. The van der Waals surface area contributed by atoms with E-state index in [0.29, 0.717) is 0 Å². The van der Waals surface area contributed by atoms with Crippen molar-refractivity contribution in [2.45, 2.75) is 18.9 Å². The van der Waals surface area contributed by atoms with E-state index in [2.05, 4.69) is 5.10 Å². The van der Waals surface area contributed by atoms with Crippen LogP contribution in [-0.4, -0.2) is 9.78 Å². The van der Waals surface area contributed by atoms with E-state index in [-0.39, 0.29) is 6.04 Å². The Morgan fingerprint density at radius 2 is 2.18 bits per heavy atom. The molecule has 90 valence electrons. The van der Waals surface area contributed by atoms with Gasteiger partial charge in [0.15, 0.2) is 0 Å². The van der Waals surface area contributed by atoms with E-state index in [9.17, 15) is 0 Å². The van der Waals surface area contributed by atoms with Crippen molar-refractivity contribution in [1.29, 1.82) is 0 Å². The topological polar surface area (TPSA) is 43.8 Å². The summed E-state index contributed by atoms with van der Waals surface area (Å²) < 4.78 is 1.80. The Balaban J connectivity index is 1.98. The Kier molecular flexibility index (Phi) is 3.82. The SMILES string of the molecule is Cn1cc(CCC(N)c2ccccc2Cl)cn1. The van der Waals surface area contributed by atoms with Crippen molar-refractivity contribution in [2.75, 3.05) is 0 Å². The van der Waals surface area contributed by atoms with Crippen LogP contribution in [0, 0.1) is 0 Å². The fourth-order valence-corrected chi connectivity index (χ4v) is 2.13. The van der Waals surface area contributed by atoms with Crippen molar-refractivity contribution in [3.63, 3.8) is 0 Å². The fraction of sp³-hybridized carbons (Fsp3) is 0.308. The van der Waals surface area contributed by atoms with Crippen molar-refractivity contribution >= 4 is 11.6 Å². The molecule has 1 aromatic carbocycles. The lowest BCUT2D eigenvalue weighted by Gasteiger charge is -2.12. The Hall–Kier alpha value is -1.32. The molecule has 4 heteroatoms. The maximum absolute atomic E-state index is 6.14. The molecule has 1 heterocycles. The van der Waals surface area contributed by atoms with Gasteiger partial charge in [-0.3, -0.25) is 4.68 Å². The van der Waals surface area contributed by atoms with E-state index < -0.39 is 0 Å². The Morgan fingerprint density at radius 1 is 1.41 bits per heavy atom. The highest BCUT2D eigenvalue weighted by Gasteiger charge is 2.09. The van der Waals surface area contributed by atoms with Crippen molar-refractivity contribution in [3.05, 3.63) is 52.8 Å². The number of aryl methyl sites for hydroxylation is 2. The third kappa shape index (κ3) is 3.08. The summed E-state index contributed by atoms with van der Waals surface area (Å²) in [7, 11) is 1.91. The molecule has 0 fully saturated rings. The molecule has 0 saturated carbocycles. The maximum atomic E-state index is 6.14. The lowest BCUT2D eigenvalue weighted by molar-refractivity contribution is 0.651. The summed E-state index contributed by atoms with van der Waals surface area (Å²) in [6.45, 7) is 0. The summed E-state index contributed by atoms with van der Waals surface area (Å²) in [5.74, 6) is 0. The van der Waals surface area contributed by atoms with Gasteiger partial charge in [-0.25, -0.2) is 0 Å². The first-order chi connectivity index (χ1) is 8.16. The highest BCUT2D eigenvalue weighted by molar-refractivity contribution is 6.31. The zero-order valence-corrected chi connectivity index (χ0v) is 10.6. The molecule has 1 atom stereocenters. The number of nitrogens with two attached hydrogens (primary N) is 1. The lowest BCUT2D eigenvalue weighted by Crippen LogP contribution is -2.11. The first kappa shape index (κ1) is 12.1. The quantitative estimate of drug-likeness (QED) is 0.906. The van der Waals surface area contributed by atoms with Gasteiger partial charge in [-0.05, 0) is 30.0 Å². The molecule has 2 N–H and O–H groups in total. The predicted molar refractivity (Wildman–Crippen MR) is 69.9 cm³/mol. The molecular weight excluding hydrogens is 234 g/mol. The van der Waals surface area contributed by atoms with Crippen LogP contribution < -0.4 is 5.73 Å². The second-order valence-corrected chi connectivity index (χ2v) is 4.60. The zero-order chi connectivity index (χ0) is 12.3. The molecule has 1 aromatic heterocycles. The van der Waals surface area contributed by atoms with Crippen LogP contribution in [0.15, 0.2) is 36.7 Å². The van der Waals surface area contributed by atoms with Gasteiger partial charge in [-0.1, -0.05) is 29.8 Å². The molecule has 2 aromatic rings. The largest absolute Gasteiger partial charge is 0.324 e. The molecule has 3 nitrogen and oxygen atoms in total. The molecule has 0 aliphatic heterocycles. The summed E-state index contributed by atoms with van der Waals surface area (Å²) >= 11 is 6.11. The van der Waals surface area contributed by atoms with Crippen LogP contribution in [0.3, 0.4) is 0 Å². The standard InChI is InChI=1S/C13H16ClN3/c1-17-9-10(8-16-17)6-7-13(15)11-4-2-3-5-12(11)14/h2-5,8-9,13H,6-7,15H2,1H3. The normalized spacial score (nSPS) is 12.6. The maximum Gasteiger partial charge on any atom is 0.0521 e. The summed E-state index contributed by atoms with van der Waals surface area (Å²) in [4.78, 5) is 0.